The first kappa shape index (κ1) is 11.1. The molecule has 0 radical (unpaired) electrons. The summed E-state index contributed by atoms with van der Waals surface area (Å²) in [6, 6.07) is 18.5. The zero-order chi connectivity index (χ0) is 14.1. The minimum Gasteiger partial charge on any atom is -0.351 e. The topological polar surface area (TPSA) is 12.5 Å². The lowest BCUT2D eigenvalue weighted by Crippen LogP contribution is -2.29. The summed E-state index contributed by atoms with van der Waals surface area (Å²) in [5.41, 5.74) is 3.39. The van der Waals surface area contributed by atoms with Crippen LogP contribution in [0.5, 0.6) is 0 Å². The molecule has 0 spiro atoms. The van der Waals surface area contributed by atoms with E-state index in [1.54, 1.807) is 0 Å². The maximum Gasteiger partial charge on any atom is 0.120 e. The summed E-state index contributed by atoms with van der Waals surface area (Å²) >= 11 is 0. The maximum absolute atomic E-state index is 8.24. The van der Waals surface area contributed by atoms with Crippen molar-refractivity contribution >= 4 is 5.69 Å². The van der Waals surface area contributed by atoms with Gasteiger partial charge in [0.1, 0.15) is 12.8 Å². The monoisotopic (exact) mass is 254 g/mol. The van der Waals surface area contributed by atoms with Gasteiger partial charge in [-0.2, -0.15) is 0 Å². The van der Waals surface area contributed by atoms with Gasteiger partial charge >= 0.3 is 0 Å². The van der Waals surface area contributed by atoms with E-state index in [0.717, 1.165) is 11.3 Å². The molecule has 0 aliphatic carbocycles. The van der Waals surface area contributed by atoms with E-state index in [1.807, 2.05) is 35.2 Å². The van der Waals surface area contributed by atoms with Crippen molar-refractivity contribution in [2.24, 2.45) is 0 Å². The summed E-state index contributed by atoms with van der Waals surface area (Å²) in [5.74, 6) is 0. The van der Waals surface area contributed by atoms with Gasteiger partial charge in [0.25, 0.3) is 0 Å². The zero-order valence-corrected chi connectivity index (χ0v) is 11.3. The molecule has 1 saturated heterocycles. The SMILES string of the molecule is [2H]C1OC(c2ccccc2)[C@H](C)N1c1ccccc1C. The van der Waals surface area contributed by atoms with E-state index >= 15 is 0 Å². The molecule has 2 heteroatoms. The molecule has 2 nitrogen and oxygen atoms in total. The Balaban J connectivity index is 1.93. The number of para-hydroxylation sites is 1. The lowest BCUT2D eigenvalue weighted by atomic mass is 10.0. The van der Waals surface area contributed by atoms with Gasteiger partial charge in [-0.1, -0.05) is 48.5 Å². The predicted molar refractivity (Wildman–Crippen MR) is 78.3 cm³/mol. The predicted octanol–water partition coefficient (Wildman–Crippen LogP) is 3.92. The van der Waals surface area contributed by atoms with Gasteiger partial charge in [0.05, 0.1) is 7.41 Å². The van der Waals surface area contributed by atoms with E-state index in [1.165, 1.54) is 5.56 Å². The number of aryl methyl sites for hydroxylation is 1. The summed E-state index contributed by atoms with van der Waals surface area (Å²) in [6.07, 6.45) is -0.0571. The molecule has 0 saturated carbocycles. The van der Waals surface area contributed by atoms with Crippen LogP contribution in [0.3, 0.4) is 0 Å². The average molecular weight is 254 g/mol. The third-order valence-corrected chi connectivity index (χ3v) is 3.72. The number of ether oxygens (including phenoxy) is 1. The standard InChI is InChI=1S/C17H19NO/c1-13-8-6-7-11-16(13)18-12-19-17(14(18)2)15-9-4-3-5-10-15/h3-11,14,17H,12H2,1-2H3/t14-,17?/m0/s1/i12D/t12?,14-,17?. The lowest BCUT2D eigenvalue weighted by Gasteiger charge is -2.25. The summed E-state index contributed by atoms with van der Waals surface area (Å²) in [7, 11) is 0. The molecule has 1 aliphatic rings. The Morgan fingerprint density at radius 2 is 1.79 bits per heavy atom. The first-order valence-electron chi connectivity index (χ1n) is 7.23. The molecular formula is C17H19NO. The molecule has 98 valence electrons. The van der Waals surface area contributed by atoms with E-state index in [2.05, 4.69) is 38.1 Å². The summed E-state index contributed by atoms with van der Waals surface area (Å²) in [4.78, 5) is 2.05. The molecule has 19 heavy (non-hydrogen) atoms. The smallest absolute Gasteiger partial charge is 0.120 e. The number of hydrogen-bond acceptors (Lipinski definition) is 2. The fraction of sp³-hybridized carbons (Fsp3) is 0.294. The van der Waals surface area contributed by atoms with Gasteiger partial charge in [0, 0.05) is 5.69 Å². The van der Waals surface area contributed by atoms with Crippen LogP contribution in [0.4, 0.5) is 5.69 Å². The summed E-state index contributed by atoms with van der Waals surface area (Å²) in [6.45, 7) is 3.54. The average Bonchev–Trinajstić information content (AvgIpc) is 2.76. The molecule has 0 aromatic heterocycles. The third kappa shape index (κ3) is 2.24. The molecule has 2 unspecified atom stereocenters. The highest BCUT2D eigenvalue weighted by Crippen LogP contribution is 2.35. The fourth-order valence-electron chi connectivity index (χ4n) is 2.62. The van der Waals surface area contributed by atoms with Gasteiger partial charge in [-0.15, -0.1) is 0 Å². The Morgan fingerprint density at radius 3 is 2.53 bits per heavy atom. The number of nitrogens with zero attached hydrogens (tertiary/aromatic N) is 1. The highest BCUT2D eigenvalue weighted by Gasteiger charge is 2.33. The molecular weight excluding hydrogens is 234 g/mol. The van der Waals surface area contributed by atoms with E-state index in [4.69, 9.17) is 6.11 Å². The zero-order valence-electron chi connectivity index (χ0n) is 12.3. The Kier molecular flexibility index (Phi) is 2.95. The quantitative estimate of drug-likeness (QED) is 0.805. The molecule has 0 bridgehead atoms. The van der Waals surface area contributed by atoms with Crippen LogP contribution in [0.2, 0.25) is 0 Å². The van der Waals surface area contributed by atoms with Crippen molar-refractivity contribution in [1.29, 1.82) is 0 Å². The second kappa shape index (κ2) is 5.06. The second-order valence-corrected chi connectivity index (χ2v) is 5.01. The van der Waals surface area contributed by atoms with E-state index in [0.29, 0.717) is 0 Å². The molecule has 2 aromatic rings. The van der Waals surface area contributed by atoms with Crippen molar-refractivity contribution in [2.75, 3.05) is 11.6 Å². The van der Waals surface area contributed by atoms with Gasteiger partial charge < -0.3 is 9.64 Å². The summed E-state index contributed by atoms with van der Waals surface area (Å²) in [5, 5.41) is 0. The van der Waals surface area contributed by atoms with E-state index < -0.39 is 6.71 Å². The van der Waals surface area contributed by atoms with Crippen molar-refractivity contribution in [3.8, 4) is 0 Å². The minimum atomic E-state index is -0.656. The Morgan fingerprint density at radius 1 is 1.11 bits per heavy atom. The minimum absolute atomic E-state index is 0.0571. The van der Waals surface area contributed by atoms with Crippen molar-refractivity contribution in [2.45, 2.75) is 26.0 Å². The second-order valence-electron chi connectivity index (χ2n) is 5.01. The van der Waals surface area contributed by atoms with Crippen LogP contribution in [-0.2, 0) is 4.74 Å². The molecule has 0 amide bonds. The van der Waals surface area contributed by atoms with Crippen LogP contribution >= 0.6 is 0 Å². The van der Waals surface area contributed by atoms with Gasteiger partial charge in [-0.3, -0.25) is 0 Å². The number of benzene rings is 2. The first-order chi connectivity index (χ1) is 9.68. The van der Waals surface area contributed by atoms with Crippen LogP contribution < -0.4 is 4.90 Å². The van der Waals surface area contributed by atoms with Crippen LogP contribution in [0, 0.1) is 6.92 Å². The lowest BCUT2D eigenvalue weighted by molar-refractivity contribution is 0.107. The van der Waals surface area contributed by atoms with Gasteiger partial charge in [0.2, 0.25) is 0 Å². The molecule has 1 fully saturated rings. The first-order valence-corrected chi connectivity index (χ1v) is 6.65. The maximum atomic E-state index is 8.24. The highest BCUT2D eigenvalue weighted by molar-refractivity contribution is 5.54. The van der Waals surface area contributed by atoms with Crippen molar-refractivity contribution in [3.05, 3.63) is 65.7 Å². The summed E-state index contributed by atoms with van der Waals surface area (Å²) < 4.78 is 14.1. The Hall–Kier alpha value is -1.80. The number of hydrogen-bond donors (Lipinski definition) is 0. The van der Waals surface area contributed by atoms with Crippen molar-refractivity contribution in [1.82, 2.24) is 0 Å². The van der Waals surface area contributed by atoms with Gasteiger partial charge in [-0.25, -0.2) is 0 Å². The molecule has 1 aliphatic heterocycles. The van der Waals surface area contributed by atoms with Crippen molar-refractivity contribution < 1.29 is 6.11 Å². The molecule has 1 heterocycles. The van der Waals surface area contributed by atoms with Gasteiger partial charge in [0.15, 0.2) is 0 Å². The molecule has 0 N–H and O–H groups in total. The normalized spacial score (nSPS) is 27.4. The third-order valence-electron chi connectivity index (χ3n) is 3.72. The molecule has 2 aromatic carbocycles. The van der Waals surface area contributed by atoms with Crippen LogP contribution in [0.15, 0.2) is 54.6 Å². The van der Waals surface area contributed by atoms with Gasteiger partial charge in [-0.05, 0) is 31.0 Å². The number of rotatable bonds is 2. The fourth-order valence-corrected chi connectivity index (χ4v) is 2.62. The van der Waals surface area contributed by atoms with Crippen LogP contribution in [0.25, 0.3) is 0 Å². The molecule has 3 rings (SSSR count). The highest BCUT2D eigenvalue weighted by atomic mass is 16.5. The largest absolute Gasteiger partial charge is 0.351 e. The van der Waals surface area contributed by atoms with Crippen LogP contribution in [-0.4, -0.2) is 12.7 Å². The van der Waals surface area contributed by atoms with E-state index in [-0.39, 0.29) is 12.1 Å². The Bertz CT molecular complexity index is 587. The number of anilines is 1. The van der Waals surface area contributed by atoms with E-state index in [9.17, 15) is 0 Å². The molecule has 3 atom stereocenters. The van der Waals surface area contributed by atoms with Crippen molar-refractivity contribution in [3.63, 3.8) is 0 Å². The van der Waals surface area contributed by atoms with Crippen LogP contribution in [0.1, 0.15) is 25.5 Å². The Labute approximate surface area is 116 Å².